The van der Waals surface area contributed by atoms with Gasteiger partial charge in [0.2, 0.25) is 0 Å². The van der Waals surface area contributed by atoms with Crippen LogP contribution < -0.4 is 11.5 Å². The molecule has 1 heterocycles. The van der Waals surface area contributed by atoms with Crippen LogP contribution in [0.25, 0.3) is 0 Å². The molecule has 40 valence electrons. The van der Waals surface area contributed by atoms with Gasteiger partial charge in [-0.2, -0.15) is 10.2 Å². The van der Waals surface area contributed by atoms with Crippen LogP contribution in [0.5, 0.6) is 0 Å². The number of hydrogen-bond donors (Lipinski definition) is 2. The third-order valence-electron chi connectivity index (χ3n) is 0.869. The van der Waals surface area contributed by atoms with E-state index in [1.165, 1.54) is 0 Å². The molecule has 0 radical (unpaired) electrons. The largest absolute Gasteiger partial charge is 0.293 e. The van der Waals surface area contributed by atoms with Crippen molar-refractivity contribution in [2.75, 3.05) is 6.54 Å². The fraction of sp³-hybridized carbons (Fsp3) is 1.00. The molecular formula is C3H8N4. The zero-order chi connectivity index (χ0) is 5.33. The minimum absolute atomic E-state index is 0.674. The van der Waals surface area contributed by atoms with Gasteiger partial charge < -0.3 is 0 Å². The van der Waals surface area contributed by atoms with Gasteiger partial charge in [0.15, 0.2) is 5.79 Å². The third-order valence-corrected chi connectivity index (χ3v) is 0.869. The molecule has 4 heteroatoms. The number of azo groups is 1. The normalized spacial score (nSPS) is 26.0. The first-order chi connectivity index (χ1) is 3.21. The highest BCUT2D eigenvalue weighted by Gasteiger charge is 2.20. The summed E-state index contributed by atoms with van der Waals surface area (Å²) in [7, 11) is 0. The van der Waals surface area contributed by atoms with Crippen molar-refractivity contribution >= 4 is 0 Å². The molecule has 1 aliphatic rings. The van der Waals surface area contributed by atoms with E-state index in [2.05, 4.69) is 10.2 Å². The summed E-state index contributed by atoms with van der Waals surface area (Å²) >= 11 is 0. The molecule has 0 saturated heterocycles. The van der Waals surface area contributed by atoms with E-state index in [0.29, 0.717) is 13.0 Å². The van der Waals surface area contributed by atoms with Gasteiger partial charge in [-0.1, -0.05) is 0 Å². The van der Waals surface area contributed by atoms with E-state index in [-0.39, 0.29) is 0 Å². The highest BCUT2D eigenvalue weighted by molar-refractivity contribution is 4.76. The average Bonchev–Trinajstić information content (AvgIpc) is 1.84. The Balaban J connectivity index is 2.57. The molecule has 7 heavy (non-hydrogen) atoms. The van der Waals surface area contributed by atoms with Crippen molar-refractivity contribution in [2.45, 2.75) is 12.2 Å². The van der Waals surface area contributed by atoms with Gasteiger partial charge in [-0.3, -0.25) is 11.5 Å². The maximum atomic E-state index is 5.30. The molecule has 4 nitrogen and oxygen atoms in total. The number of nitrogens with zero attached hydrogens (tertiary/aromatic N) is 2. The zero-order valence-corrected chi connectivity index (χ0v) is 3.96. The van der Waals surface area contributed by atoms with Crippen LogP contribution in [0.2, 0.25) is 0 Å². The van der Waals surface area contributed by atoms with Crippen LogP contribution in [-0.2, 0) is 0 Å². The number of nitrogens with two attached hydrogens (primary N) is 2. The van der Waals surface area contributed by atoms with Crippen molar-refractivity contribution in [1.82, 2.24) is 0 Å². The van der Waals surface area contributed by atoms with E-state index in [0.717, 1.165) is 0 Å². The van der Waals surface area contributed by atoms with Crippen LogP contribution in [-0.4, -0.2) is 12.3 Å². The van der Waals surface area contributed by atoms with Gasteiger partial charge in [0, 0.05) is 6.42 Å². The lowest BCUT2D eigenvalue weighted by Crippen LogP contribution is -2.45. The second-order valence-corrected chi connectivity index (χ2v) is 1.71. The van der Waals surface area contributed by atoms with Gasteiger partial charge in [0.25, 0.3) is 0 Å². The maximum Gasteiger partial charge on any atom is 0.181 e. The lowest BCUT2D eigenvalue weighted by Gasteiger charge is -2.08. The highest BCUT2D eigenvalue weighted by atomic mass is 15.3. The minimum Gasteiger partial charge on any atom is -0.293 e. The Bertz CT molecular complexity index is 95.1. The molecule has 0 saturated carbocycles. The molecule has 0 fully saturated rings. The van der Waals surface area contributed by atoms with Gasteiger partial charge in [0.1, 0.15) is 0 Å². The van der Waals surface area contributed by atoms with Gasteiger partial charge >= 0.3 is 0 Å². The van der Waals surface area contributed by atoms with Crippen molar-refractivity contribution in [2.24, 2.45) is 21.7 Å². The van der Waals surface area contributed by atoms with E-state index in [4.69, 9.17) is 11.5 Å². The fourth-order valence-electron chi connectivity index (χ4n) is 0.461. The minimum atomic E-state index is -0.847. The van der Waals surface area contributed by atoms with Gasteiger partial charge in [0.05, 0.1) is 6.54 Å². The first kappa shape index (κ1) is 4.67. The Kier molecular flexibility index (Phi) is 0.831. The number of hydrogen-bond acceptors (Lipinski definition) is 4. The molecule has 0 amide bonds. The maximum absolute atomic E-state index is 5.30. The van der Waals surface area contributed by atoms with Gasteiger partial charge in [-0.05, 0) is 0 Å². The summed E-state index contributed by atoms with van der Waals surface area (Å²) in [6, 6.07) is 0. The topological polar surface area (TPSA) is 76.8 Å². The van der Waals surface area contributed by atoms with Crippen LogP contribution in [0.1, 0.15) is 6.42 Å². The predicted octanol–water partition coefficient (Wildman–Crippen LogP) is -0.587. The Morgan fingerprint density at radius 1 is 1.43 bits per heavy atom. The third kappa shape index (κ3) is 0.942. The number of rotatable bonds is 0. The Labute approximate surface area is 41.6 Å². The van der Waals surface area contributed by atoms with E-state index in [9.17, 15) is 0 Å². The smallest absolute Gasteiger partial charge is 0.181 e. The van der Waals surface area contributed by atoms with Crippen LogP contribution in [0.15, 0.2) is 10.2 Å². The van der Waals surface area contributed by atoms with Crippen LogP contribution in [0, 0.1) is 0 Å². The van der Waals surface area contributed by atoms with E-state index >= 15 is 0 Å². The molecule has 4 N–H and O–H groups in total. The Morgan fingerprint density at radius 2 is 2.14 bits per heavy atom. The van der Waals surface area contributed by atoms with E-state index in [1.54, 1.807) is 0 Å². The highest BCUT2D eigenvalue weighted by Crippen LogP contribution is 2.07. The zero-order valence-electron chi connectivity index (χ0n) is 3.96. The molecule has 1 rings (SSSR count). The molecule has 0 aromatic rings. The van der Waals surface area contributed by atoms with Crippen LogP contribution >= 0.6 is 0 Å². The predicted molar refractivity (Wildman–Crippen MR) is 25.4 cm³/mol. The lowest BCUT2D eigenvalue weighted by atomic mass is 10.3. The quantitative estimate of drug-likeness (QED) is 0.399. The first-order valence-corrected chi connectivity index (χ1v) is 2.17. The van der Waals surface area contributed by atoms with Crippen molar-refractivity contribution < 1.29 is 0 Å². The molecule has 0 aliphatic carbocycles. The molecule has 0 spiro atoms. The standard InChI is InChI=1S/C3H8N4/c4-3(5)1-2-6-7-3/h1-2,4-5H2. The summed E-state index contributed by atoms with van der Waals surface area (Å²) in [4.78, 5) is 0. The van der Waals surface area contributed by atoms with Crippen molar-refractivity contribution in [1.29, 1.82) is 0 Å². The molecule has 0 aromatic heterocycles. The Morgan fingerprint density at radius 3 is 2.29 bits per heavy atom. The second kappa shape index (κ2) is 1.24. The summed E-state index contributed by atoms with van der Waals surface area (Å²) in [6.45, 7) is 0.674. The summed E-state index contributed by atoms with van der Waals surface area (Å²) in [6.07, 6.45) is 0.674. The summed E-state index contributed by atoms with van der Waals surface area (Å²) in [5.41, 5.74) is 10.6. The van der Waals surface area contributed by atoms with Crippen molar-refractivity contribution in [3.05, 3.63) is 0 Å². The Hall–Kier alpha value is -0.480. The SMILES string of the molecule is NC1(N)CCN=N1. The lowest BCUT2D eigenvalue weighted by molar-refractivity contribution is 0.472. The summed E-state index contributed by atoms with van der Waals surface area (Å²) < 4.78 is 0. The molecule has 0 unspecified atom stereocenters. The average molecular weight is 100 g/mol. The summed E-state index contributed by atoms with van der Waals surface area (Å²) in [5.74, 6) is -0.847. The van der Waals surface area contributed by atoms with Crippen molar-refractivity contribution in [3.63, 3.8) is 0 Å². The summed E-state index contributed by atoms with van der Waals surface area (Å²) in [5, 5.41) is 7.16. The van der Waals surface area contributed by atoms with Crippen LogP contribution in [0.3, 0.4) is 0 Å². The van der Waals surface area contributed by atoms with E-state index in [1.807, 2.05) is 0 Å². The second-order valence-electron chi connectivity index (χ2n) is 1.71. The van der Waals surface area contributed by atoms with E-state index < -0.39 is 5.79 Å². The molecule has 0 aromatic carbocycles. The van der Waals surface area contributed by atoms with Gasteiger partial charge in [-0.15, -0.1) is 0 Å². The fourth-order valence-corrected chi connectivity index (χ4v) is 0.461. The van der Waals surface area contributed by atoms with Gasteiger partial charge in [-0.25, -0.2) is 0 Å². The van der Waals surface area contributed by atoms with Crippen LogP contribution in [0.4, 0.5) is 0 Å². The molecule has 0 bridgehead atoms. The monoisotopic (exact) mass is 100 g/mol. The molecular weight excluding hydrogens is 92.1 g/mol. The van der Waals surface area contributed by atoms with Crippen molar-refractivity contribution in [3.8, 4) is 0 Å². The molecule has 0 atom stereocenters. The first-order valence-electron chi connectivity index (χ1n) is 2.17. The molecule has 1 aliphatic heterocycles.